The Hall–Kier alpha value is -0.730. The maximum Gasteiger partial charge on any atom is 0.237 e. The molecule has 0 unspecified atom stereocenters. The van der Waals surface area contributed by atoms with Gasteiger partial charge in [0.2, 0.25) is 5.91 Å². The van der Waals surface area contributed by atoms with Crippen molar-refractivity contribution in [1.82, 2.24) is 4.90 Å². The van der Waals surface area contributed by atoms with E-state index in [1.165, 1.54) is 5.56 Å². The van der Waals surface area contributed by atoms with Gasteiger partial charge in [0.15, 0.2) is 0 Å². The molecule has 0 aromatic heterocycles. The summed E-state index contributed by atoms with van der Waals surface area (Å²) >= 11 is 11.7. The lowest BCUT2D eigenvalue weighted by molar-refractivity contribution is -0.129. The van der Waals surface area contributed by atoms with Gasteiger partial charge in [-0.05, 0) is 30.0 Å². The zero-order chi connectivity index (χ0) is 11.5. The third-order valence-corrected chi connectivity index (χ3v) is 3.48. The number of nitrogens with zero attached hydrogens (tertiary/aromatic N) is 1. The van der Waals surface area contributed by atoms with Gasteiger partial charge in [-0.2, -0.15) is 0 Å². The molecule has 1 amide bonds. The van der Waals surface area contributed by atoms with Gasteiger partial charge in [-0.3, -0.25) is 4.79 Å². The summed E-state index contributed by atoms with van der Waals surface area (Å²) in [4.78, 5) is 13.4. The molecule has 86 valence electrons. The third-order valence-electron chi connectivity index (χ3n) is 2.90. The first-order valence-electron chi connectivity index (χ1n) is 5.32. The topological polar surface area (TPSA) is 20.3 Å². The smallest absolute Gasteiger partial charge is 0.237 e. The van der Waals surface area contributed by atoms with E-state index in [4.69, 9.17) is 23.2 Å². The van der Waals surface area contributed by atoms with E-state index in [0.717, 1.165) is 30.0 Å². The van der Waals surface area contributed by atoms with Crippen LogP contribution in [0.1, 0.15) is 17.5 Å². The van der Waals surface area contributed by atoms with Crippen LogP contribution in [0.3, 0.4) is 0 Å². The van der Waals surface area contributed by atoms with Gasteiger partial charge in [-0.15, -0.1) is 11.6 Å². The summed E-state index contributed by atoms with van der Waals surface area (Å²) in [6.45, 7) is 1.39. The number of carbonyl (C=O) groups excluding carboxylic acids is 1. The third kappa shape index (κ3) is 2.33. The number of carbonyl (C=O) groups is 1. The number of hydrogen-bond donors (Lipinski definition) is 0. The van der Waals surface area contributed by atoms with E-state index in [9.17, 15) is 4.79 Å². The van der Waals surface area contributed by atoms with Crippen LogP contribution in [0, 0.1) is 0 Å². The van der Waals surface area contributed by atoms with Gasteiger partial charge < -0.3 is 4.90 Å². The summed E-state index contributed by atoms with van der Waals surface area (Å²) in [5.41, 5.74) is 2.32. The van der Waals surface area contributed by atoms with E-state index >= 15 is 0 Å². The highest BCUT2D eigenvalue weighted by atomic mass is 35.5. The largest absolute Gasteiger partial charge is 0.337 e. The van der Waals surface area contributed by atoms with Gasteiger partial charge in [-0.1, -0.05) is 23.7 Å². The molecule has 4 heteroatoms. The average Bonchev–Trinajstić information content (AvgIpc) is 2.51. The first-order chi connectivity index (χ1) is 7.72. The van der Waals surface area contributed by atoms with Crippen molar-refractivity contribution < 1.29 is 4.79 Å². The highest BCUT2D eigenvalue weighted by molar-refractivity contribution is 6.31. The molecule has 0 radical (unpaired) electrons. The second kappa shape index (κ2) is 5.07. The highest BCUT2D eigenvalue weighted by Crippen LogP contribution is 2.25. The molecule has 0 spiro atoms. The van der Waals surface area contributed by atoms with Crippen molar-refractivity contribution in [3.63, 3.8) is 0 Å². The van der Waals surface area contributed by atoms with Crippen LogP contribution in [0.15, 0.2) is 18.2 Å². The number of halogens is 2. The van der Waals surface area contributed by atoms with Crippen molar-refractivity contribution in [2.24, 2.45) is 0 Å². The maximum absolute atomic E-state index is 11.6. The summed E-state index contributed by atoms with van der Waals surface area (Å²) in [5.74, 6) is 0.0464. The summed E-state index contributed by atoms with van der Waals surface area (Å²) < 4.78 is 0. The van der Waals surface area contributed by atoms with Crippen LogP contribution >= 0.6 is 23.2 Å². The lowest BCUT2D eigenvalue weighted by atomic mass is 10.0. The quantitative estimate of drug-likeness (QED) is 0.709. The number of alkyl halides is 1. The fourth-order valence-corrected chi connectivity index (χ4v) is 2.52. The van der Waals surface area contributed by atoms with Gasteiger partial charge in [0.05, 0.1) is 0 Å². The van der Waals surface area contributed by atoms with Crippen molar-refractivity contribution in [3.8, 4) is 0 Å². The highest BCUT2D eigenvalue weighted by Gasteiger charge is 2.19. The molecule has 0 saturated carbocycles. The standard InChI is InChI=1S/C12H13Cl2NO/c13-7-12(16)15-6-2-4-10-9(8-15)3-1-5-11(10)14/h1,3,5H,2,4,6-8H2. The minimum absolute atomic E-state index is 0.00510. The van der Waals surface area contributed by atoms with Crippen molar-refractivity contribution in [2.45, 2.75) is 19.4 Å². The SMILES string of the molecule is O=C(CCl)N1CCCc2c(Cl)cccc2C1. The predicted molar refractivity (Wildman–Crippen MR) is 65.9 cm³/mol. The van der Waals surface area contributed by atoms with Crippen LogP contribution < -0.4 is 0 Å². The molecule has 1 aliphatic rings. The number of rotatable bonds is 1. The molecule has 0 atom stereocenters. The van der Waals surface area contributed by atoms with Crippen LogP contribution in [-0.4, -0.2) is 23.2 Å². The summed E-state index contributed by atoms with van der Waals surface area (Å²) in [5, 5.41) is 0.803. The minimum Gasteiger partial charge on any atom is -0.337 e. The first-order valence-corrected chi connectivity index (χ1v) is 6.23. The monoisotopic (exact) mass is 257 g/mol. The van der Waals surface area contributed by atoms with E-state index in [-0.39, 0.29) is 11.8 Å². The average molecular weight is 258 g/mol. The van der Waals surface area contributed by atoms with Crippen molar-refractivity contribution in [2.75, 3.05) is 12.4 Å². The van der Waals surface area contributed by atoms with E-state index in [2.05, 4.69) is 0 Å². The lowest BCUT2D eigenvalue weighted by Gasteiger charge is -2.19. The molecule has 0 saturated heterocycles. The molecule has 2 rings (SSSR count). The van der Waals surface area contributed by atoms with Crippen molar-refractivity contribution in [3.05, 3.63) is 34.3 Å². The first kappa shape index (κ1) is 11.7. The number of amides is 1. The van der Waals surface area contributed by atoms with Crippen LogP contribution in [-0.2, 0) is 17.8 Å². The molecule has 0 aliphatic carbocycles. The van der Waals surface area contributed by atoms with Crippen LogP contribution in [0.4, 0.5) is 0 Å². The maximum atomic E-state index is 11.6. The van der Waals surface area contributed by atoms with Gasteiger partial charge in [0.25, 0.3) is 0 Å². The Morgan fingerprint density at radius 1 is 1.44 bits per heavy atom. The van der Waals surface area contributed by atoms with Crippen LogP contribution in [0.5, 0.6) is 0 Å². The Morgan fingerprint density at radius 2 is 2.25 bits per heavy atom. The molecular weight excluding hydrogens is 245 g/mol. The van der Waals surface area contributed by atoms with Gasteiger partial charge >= 0.3 is 0 Å². The zero-order valence-corrected chi connectivity index (χ0v) is 10.4. The summed E-state index contributed by atoms with van der Waals surface area (Å²) in [6, 6.07) is 5.86. The Labute approximate surface area is 105 Å². The predicted octanol–water partition coefficient (Wildman–Crippen LogP) is 2.85. The van der Waals surface area contributed by atoms with E-state index in [1.54, 1.807) is 4.90 Å². The molecule has 1 aliphatic heterocycles. The Balaban J connectivity index is 2.28. The fraction of sp³-hybridized carbons (Fsp3) is 0.417. The molecule has 0 fully saturated rings. The molecule has 2 nitrogen and oxygen atoms in total. The Morgan fingerprint density at radius 3 is 3.00 bits per heavy atom. The van der Waals surface area contributed by atoms with Gasteiger partial charge in [-0.25, -0.2) is 0 Å². The molecule has 1 aromatic carbocycles. The van der Waals surface area contributed by atoms with Gasteiger partial charge in [0, 0.05) is 18.1 Å². The van der Waals surface area contributed by atoms with E-state index in [1.807, 2.05) is 18.2 Å². The second-order valence-electron chi connectivity index (χ2n) is 3.93. The fourth-order valence-electron chi connectivity index (χ4n) is 2.06. The molecular formula is C12H13Cl2NO. The van der Waals surface area contributed by atoms with E-state index in [0.29, 0.717) is 6.54 Å². The Kier molecular flexibility index (Phi) is 3.72. The minimum atomic E-state index is -0.00510. The molecule has 0 N–H and O–H groups in total. The van der Waals surface area contributed by atoms with Gasteiger partial charge in [0.1, 0.15) is 5.88 Å². The van der Waals surface area contributed by atoms with Crippen molar-refractivity contribution in [1.29, 1.82) is 0 Å². The van der Waals surface area contributed by atoms with Crippen LogP contribution in [0.2, 0.25) is 5.02 Å². The molecule has 16 heavy (non-hydrogen) atoms. The number of benzene rings is 1. The number of hydrogen-bond acceptors (Lipinski definition) is 1. The van der Waals surface area contributed by atoms with Crippen molar-refractivity contribution >= 4 is 29.1 Å². The summed E-state index contributed by atoms with van der Waals surface area (Å²) in [7, 11) is 0. The van der Waals surface area contributed by atoms with Crippen LogP contribution in [0.25, 0.3) is 0 Å². The molecule has 0 bridgehead atoms. The Bertz CT molecular complexity index is 406. The summed E-state index contributed by atoms with van der Waals surface area (Å²) in [6.07, 6.45) is 1.88. The zero-order valence-electron chi connectivity index (χ0n) is 8.88. The normalized spacial score (nSPS) is 15.5. The molecule has 1 heterocycles. The van der Waals surface area contributed by atoms with E-state index < -0.39 is 0 Å². The second-order valence-corrected chi connectivity index (χ2v) is 4.60. The number of fused-ring (bicyclic) bond motifs is 1. The molecule has 1 aromatic rings. The lowest BCUT2D eigenvalue weighted by Crippen LogP contribution is -2.31.